The van der Waals surface area contributed by atoms with Crippen LogP contribution in [0.1, 0.15) is 26.7 Å². The van der Waals surface area contributed by atoms with Crippen molar-refractivity contribution < 1.29 is 24.3 Å². The van der Waals surface area contributed by atoms with Gasteiger partial charge in [0.05, 0.1) is 0 Å². The molecule has 102 valence electrons. The average molecular weight is 259 g/mol. The third kappa shape index (κ3) is 6.46. The van der Waals surface area contributed by atoms with Crippen molar-refractivity contribution >= 4 is 23.7 Å². The number of rotatable bonds is 7. The lowest BCUT2D eigenvalue weighted by atomic mass is 10.1. The Hall–Kier alpha value is -2.12. The van der Waals surface area contributed by atoms with E-state index in [0.29, 0.717) is 0 Å². The van der Waals surface area contributed by atoms with Gasteiger partial charge in [-0.2, -0.15) is 0 Å². The standard InChI is InChI=1S/C10H17N3O5/c1-5(12-6(2)14)9(16)13-7(10(17)18)3-4-8(11)15/h5,7H,3-4H2,1-2H3,(H2,11,15)(H,12,14)(H,13,16)(H,17,18)/t5?,7-/m1/s1. The largest absolute Gasteiger partial charge is 0.480 e. The Balaban J connectivity index is 4.40. The van der Waals surface area contributed by atoms with Crippen LogP contribution in [-0.2, 0) is 19.2 Å². The van der Waals surface area contributed by atoms with E-state index in [4.69, 9.17) is 10.8 Å². The van der Waals surface area contributed by atoms with Crippen molar-refractivity contribution in [3.63, 3.8) is 0 Å². The lowest BCUT2D eigenvalue weighted by Crippen LogP contribution is -2.50. The maximum absolute atomic E-state index is 11.5. The van der Waals surface area contributed by atoms with Crippen molar-refractivity contribution in [2.45, 2.75) is 38.8 Å². The molecule has 18 heavy (non-hydrogen) atoms. The van der Waals surface area contributed by atoms with Crippen LogP contribution in [0.5, 0.6) is 0 Å². The Morgan fingerprint density at radius 3 is 2.17 bits per heavy atom. The summed E-state index contributed by atoms with van der Waals surface area (Å²) in [5.74, 6) is -2.95. The molecule has 8 nitrogen and oxygen atoms in total. The Labute approximate surface area is 104 Å². The van der Waals surface area contributed by atoms with Gasteiger partial charge in [0.25, 0.3) is 0 Å². The van der Waals surface area contributed by atoms with Crippen LogP contribution in [0.2, 0.25) is 0 Å². The van der Waals surface area contributed by atoms with Crippen LogP contribution in [0.3, 0.4) is 0 Å². The molecule has 0 spiro atoms. The monoisotopic (exact) mass is 259 g/mol. The zero-order valence-corrected chi connectivity index (χ0v) is 10.2. The van der Waals surface area contributed by atoms with E-state index in [1.54, 1.807) is 0 Å². The second kappa shape index (κ2) is 7.25. The number of carbonyl (C=O) groups is 4. The van der Waals surface area contributed by atoms with Crippen LogP contribution < -0.4 is 16.4 Å². The van der Waals surface area contributed by atoms with Crippen molar-refractivity contribution in [2.24, 2.45) is 5.73 Å². The molecule has 3 amide bonds. The van der Waals surface area contributed by atoms with Gasteiger partial charge in [-0.15, -0.1) is 0 Å². The fourth-order valence-corrected chi connectivity index (χ4v) is 1.21. The molecule has 0 aromatic heterocycles. The van der Waals surface area contributed by atoms with E-state index in [9.17, 15) is 19.2 Å². The number of nitrogens with two attached hydrogens (primary N) is 1. The fourth-order valence-electron chi connectivity index (χ4n) is 1.21. The summed E-state index contributed by atoms with van der Waals surface area (Å²) in [7, 11) is 0. The minimum absolute atomic E-state index is 0.0940. The smallest absolute Gasteiger partial charge is 0.326 e. The molecule has 0 rings (SSSR count). The van der Waals surface area contributed by atoms with Gasteiger partial charge in [-0.1, -0.05) is 0 Å². The van der Waals surface area contributed by atoms with Gasteiger partial charge in [0.15, 0.2) is 0 Å². The van der Waals surface area contributed by atoms with Gasteiger partial charge in [-0.25, -0.2) is 4.79 Å². The second-order valence-corrected chi connectivity index (χ2v) is 3.83. The Bertz CT molecular complexity index is 355. The van der Waals surface area contributed by atoms with Crippen molar-refractivity contribution in [3.8, 4) is 0 Å². The molecule has 2 atom stereocenters. The van der Waals surface area contributed by atoms with Gasteiger partial charge in [0.2, 0.25) is 17.7 Å². The van der Waals surface area contributed by atoms with Crippen LogP contribution in [0.15, 0.2) is 0 Å². The number of carboxylic acids is 1. The zero-order valence-electron chi connectivity index (χ0n) is 10.2. The van der Waals surface area contributed by atoms with E-state index in [0.717, 1.165) is 0 Å². The first-order valence-electron chi connectivity index (χ1n) is 5.32. The molecular weight excluding hydrogens is 242 g/mol. The number of hydrogen-bond acceptors (Lipinski definition) is 4. The van der Waals surface area contributed by atoms with E-state index < -0.39 is 35.8 Å². The molecule has 0 heterocycles. The van der Waals surface area contributed by atoms with Gasteiger partial charge < -0.3 is 21.5 Å². The van der Waals surface area contributed by atoms with Gasteiger partial charge >= 0.3 is 5.97 Å². The molecule has 0 aromatic carbocycles. The summed E-state index contributed by atoms with van der Waals surface area (Å²) in [5, 5.41) is 13.4. The summed E-state index contributed by atoms with van der Waals surface area (Å²) < 4.78 is 0. The van der Waals surface area contributed by atoms with Gasteiger partial charge in [0.1, 0.15) is 12.1 Å². The highest BCUT2D eigenvalue weighted by Crippen LogP contribution is 1.98. The fraction of sp³-hybridized carbons (Fsp3) is 0.600. The molecule has 0 fully saturated rings. The second-order valence-electron chi connectivity index (χ2n) is 3.83. The molecule has 0 aliphatic carbocycles. The Morgan fingerprint density at radius 2 is 1.78 bits per heavy atom. The topological polar surface area (TPSA) is 139 Å². The van der Waals surface area contributed by atoms with Crippen LogP contribution >= 0.6 is 0 Å². The number of carbonyl (C=O) groups excluding carboxylic acids is 3. The molecule has 0 saturated carbocycles. The highest BCUT2D eigenvalue weighted by molar-refractivity contribution is 5.89. The number of nitrogens with one attached hydrogen (secondary N) is 2. The lowest BCUT2D eigenvalue weighted by molar-refractivity contribution is -0.142. The molecule has 8 heteroatoms. The molecular formula is C10H17N3O5. The third-order valence-electron chi connectivity index (χ3n) is 2.11. The number of amides is 3. The molecule has 0 bridgehead atoms. The quantitative estimate of drug-likeness (QED) is 0.433. The normalized spacial score (nSPS) is 13.2. The first-order chi connectivity index (χ1) is 8.23. The average Bonchev–Trinajstić information content (AvgIpc) is 2.21. The van der Waals surface area contributed by atoms with E-state index >= 15 is 0 Å². The highest BCUT2D eigenvalue weighted by Gasteiger charge is 2.23. The SMILES string of the molecule is CC(=O)NC(C)C(=O)N[C@H](CCC(N)=O)C(=O)O. The van der Waals surface area contributed by atoms with Crippen LogP contribution in [0.25, 0.3) is 0 Å². The predicted molar refractivity (Wildman–Crippen MR) is 61.3 cm³/mol. The molecule has 1 unspecified atom stereocenters. The first kappa shape index (κ1) is 15.9. The van der Waals surface area contributed by atoms with Crippen molar-refractivity contribution in [3.05, 3.63) is 0 Å². The molecule has 0 radical (unpaired) electrons. The minimum Gasteiger partial charge on any atom is -0.480 e. The maximum Gasteiger partial charge on any atom is 0.326 e. The first-order valence-corrected chi connectivity index (χ1v) is 5.32. The van der Waals surface area contributed by atoms with Gasteiger partial charge in [-0.3, -0.25) is 14.4 Å². The summed E-state index contributed by atoms with van der Waals surface area (Å²) in [6.45, 7) is 2.66. The molecule has 0 aromatic rings. The van der Waals surface area contributed by atoms with Gasteiger partial charge in [-0.05, 0) is 13.3 Å². The van der Waals surface area contributed by atoms with E-state index in [1.807, 2.05) is 0 Å². The minimum atomic E-state index is -1.26. The molecule has 0 saturated heterocycles. The highest BCUT2D eigenvalue weighted by atomic mass is 16.4. The summed E-state index contributed by atoms with van der Waals surface area (Å²) in [6.07, 6.45) is -0.241. The van der Waals surface area contributed by atoms with Crippen LogP contribution in [0.4, 0.5) is 0 Å². The van der Waals surface area contributed by atoms with Gasteiger partial charge in [0, 0.05) is 13.3 Å². The van der Waals surface area contributed by atoms with E-state index in [2.05, 4.69) is 10.6 Å². The number of carboxylic acid groups (broad SMARTS) is 1. The lowest BCUT2D eigenvalue weighted by Gasteiger charge is -2.17. The van der Waals surface area contributed by atoms with E-state index in [1.165, 1.54) is 13.8 Å². The summed E-state index contributed by atoms with van der Waals surface area (Å²) in [6, 6.07) is -2.06. The van der Waals surface area contributed by atoms with Crippen molar-refractivity contribution in [1.29, 1.82) is 0 Å². The van der Waals surface area contributed by atoms with Crippen LogP contribution in [0, 0.1) is 0 Å². The van der Waals surface area contributed by atoms with Crippen molar-refractivity contribution in [1.82, 2.24) is 10.6 Å². The molecule has 0 aliphatic rings. The molecule has 5 N–H and O–H groups in total. The Kier molecular flexibility index (Phi) is 6.40. The predicted octanol–water partition coefficient (Wildman–Crippen LogP) is -1.65. The zero-order chi connectivity index (χ0) is 14.3. The number of primary amides is 1. The Morgan fingerprint density at radius 1 is 1.22 bits per heavy atom. The summed E-state index contributed by atoms with van der Waals surface area (Å²) in [5.41, 5.74) is 4.90. The molecule has 0 aliphatic heterocycles. The summed E-state index contributed by atoms with van der Waals surface area (Å²) in [4.78, 5) is 43.6. The van der Waals surface area contributed by atoms with Crippen molar-refractivity contribution in [2.75, 3.05) is 0 Å². The number of hydrogen-bond donors (Lipinski definition) is 4. The van der Waals surface area contributed by atoms with E-state index in [-0.39, 0.29) is 12.8 Å². The number of aliphatic carboxylic acids is 1. The third-order valence-corrected chi connectivity index (χ3v) is 2.11. The van der Waals surface area contributed by atoms with Crippen LogP contribution in [-0.4, -0.2) is 40.9 Å². The summed E-state index contributed by atoms with van der Waals surface area (Å²) >= 11 is 0. The maximum atomic E-state index is 11.5.